The van der Waals surface area contributed by atoms with Crippen LogP contribution in [-0.4, -0.2) is 30.1 Å². The first-order valence-electron chi connectivity index (χ1n) is 7.54. The normalized spacial score (nSPS) is 21.0. The molecule has 2 unspecified atom stereocenters. The standard InChI is InChI=1S/C16H25BrN2S/c1-3-13(18)9-12-5-6-14(10-16(12)17)19-7-8-20-15(4-2)11-19/h5-6,10,13,15H,3-4,7-9,11,18H2,1-2H3. The van der Waals surface area contributed by atoms with Crippen molar-refractivity contribution in [1.82, 2.24) is 0 Å². The van der Waals surface area contributed by atoms with Crippen LogP contribution in [0.3, 0.4) is 0 Å². The molecule has 1 aromatic rings. The fourth-order valence-corrected chi connectivity index (χ4v) is 4.23. The number of thioether (sulfide) groups is 1. The van der Waals surface area contributed by atoms with Crippen LogP contribution in [-0.2, 0) is 6.42 Å². The van der Waals surface area contributed by atoms with Gasteiger partial charge in [-0.2, -0.15) is 11.8 Å². The summed E-state index contributed by atoms with van der Waals surface area (Å²) in [6.45, 7) is 6.75. The van der Waals surface area contributed by atoms with Crippen LogP contribution in [0.2, 0.25) is 0 Å². The summed E-state index contributed by atoms with van der Waals surface area (Å²) in [5.74, 6) is 1.23. The molecule has 1 aliphatic heterocycles. The number of rotatable bonds is 5. The van der Waals surface area contributed by atoms with Crippen LogP contribution in [0.5, 0.6) is 0 Å². The van der Waals surface area contributed by atoms with Gasteiger partial charge in [0.1, 0.15) is 0 Å². The molecule has 0 bridgehead atoms. The average Bonchev–Trinajstić information content (AvgIpc) is 2.49. The number of hydrogen-bond donors (Lipinski definition) is 1. The van der Waals surface area contributed by atoms with Crippen LogP contribution in [0.4, 0.5) is 5.69 Å². The van der Waals surface area contributed by atoms with Crippen molar-refractivity contribution in [2.24, 2.45) is 5.73 Å². The summed E-state index contributed by atoms with van der Waals surface area (Å²) in [6, 6.07) is 7.01. The summed E-state index contributed by atoms with van der Waals surface area (Å²) in [7, 11) is 0. The molecule has 2 nitrogen and oxygen atoms in total. The van der Waals surface area contributed by atoms with E-state index >= 15 is 0 Å². The first kappa shape index (κ1) is 16.2. The minimum Gasteiger partial charge on any atom is -0.370 e. The summed E-state index contributed by atoms with van der Waals surface area (Å²) < 4.78 is 1.20. The zero-order valence-electron chi connectivity index (χ0n) is 12.4. The maximum Gasteiger partial charge on any atom is 0.0378 e. The molecular formula is C16H25BrN2S. The van der Waals surface area contributed by atoms with Gasteiger partial charge in [-0.25, -0.2) is 0 Å². The van der Waals surface area contributed by atoms with Crippen molar-refractivity contribution < 1.29 is 0 Å². The molecule has 1 aliphatic rings. The van der Waals surface area contributed by atoms with Crippen molar-refractivity contribution >= 4 is 33.4 Å². The van der Waals surface area contributed by atoms with Crippen molar-refractivity contribution in [2.45, 2.75) is 44.4 Å². The first-order valence-corrected chi connectivity index (χ1v) is 9.38. The third-order valence-electron chi connectivity index (χ3n) is 4.00. The van der Waals surface area contributed by atoms with Crippen molar-refractivity contribution in [2.75, 3.05) is 23.7 Å². The second-order valence-corrected chi connectivity index (χ2v) is 7.76. The van der Waals surface area contributed by atoms with Crippen LogP contribution < -0.4 is 10.6 Å². The molecule has 0 amide bonds. The topological polar surface area (TPSA) is 29.3 Å². The van der Waals surface area contributed by atoms with E-state index in [4.69, 9.17) is 5.73 Å². The van der Waals surface area contributed by atoms with Gasteiger partial charge in [0, 0.05) is 40.3 Å². The van der Waals surface area contributed by atoms with E-state index in [0.717, 1.165) is 24.6 Å². The number of nitrogens with zero attached hydrogens (tertiary/aromatic N) is 1. The molecule has 20 heavy (non-hydrogen) atoms. The van der Waals surface area contributed by atoms with E-state index in [2.05, 4.69) is 64.6 Å². The monoisotopic (exact) mass is 356 g/mol. The Labute approximate surface area is 135 Å². The Hall–Kier alpha value is -0.190. The molecule has 1 heterocycles. The lowest BCUT2D eigenvalue weighted by Crippen LogP contribution is -2.37. The molecule has 1 aromatic carbocycles. The Balaban J connectivity index is 2.08. The fraction of sp³-hybridized carbons (Fsp3) is 0.625. The van der Waals surface area contributed by atoms with Crippen LogP contribution in [0, 0.1) is 0 Å². The van der Waals surface area contributed by atoms with E-state index < -0.39 is 0 Å². The van der Waals surface area contributed by atoms with Crippen molar-refractivity contribution in [3.63, 3.8) is 0 Å². The van der Waals surface area contributed by atoms with E-state index in [1.807, 2.05) is 0 Å². The van der Waals surface area contributed by atoms with Gasteiger partial charge in [0.25, 0.3) is 0 Å². The van der Waals surface area contributed by atoms with Gasteiger partial charge in [0.2, 0.25) is 0 Å². The molecule has 2 atom stereocenters. The van der Waals surface area contributed by atoms with Crippen LogP contribution in [0.25, 0.3) is 0 Å². The Morgan fingerprint density at radius 3 is 2.90 bits per heavy atom. The minimum absolute atomic E-state index is 0.257. The van der Waals surface area contributed by atoms with Gasteiger partial charge in [0.05, 0.1) is 0 Å². The minimum atomic E-state index is 0.257. The maximum absolute atomic E-state index is 6.06. The molecule has 2 rings (SSSR count). The highest BCUT2D eigenvalue weighted by molar-refractivity contribution is 9.10. The largest absolute Gasteiger partial charge is 0.370 e. The van der Waals surface area contributed by atoms with Crippen molar-refractivity contribution in [1.29, 1.82) is 0 Å². The highest BCUT2D eigenvalue weighted by Gasteiger charge is 2.19. The Morgan fingerprint density at radius 2 is 2.25 bits per heavy atom. The summed E-state index contributed by atoms with van der Waals surface area (Å²) in [4.78, 5) is 2.51. The highest BCUT2D eigenvalue weighted by Crippen LogP contribution is 2.29. The van der Waals surface area contributed by atoms with Gasteiger partial charge >= 0.3 is 0 Å². The van der Waals surface area contributed by atoms with Gasteiger partial charge in [-0.1, -0.05) is 35.8 Å². The van der Waals surface area contributed by atoms with Crippen molar-refractivity contribution in [3.05, 3.63) is 28.2 Å². The van der Waals surface area contributed by atoms with E-state index in [1.165, 1.54) is 34.4 Å². The summed E-state index contributed by atoms with van der Waals surface area (Å²) in [5.41, 5.74) is 8.72. The van der Waals surface area contributed by atoms with E-state index in [1.54, 1.807) is 0 Å². The molecule has 112 valence electrons. The van der Waals surface area contributed by atoms with Crippen LogP contribution in [0.1, 0.15) is 32.3 Å². The molecular weight excluding hydrogens is 332 g/mol. The van der Waals surface area contributed by atoms with Crippen LogP contribution in [0.15, 0.2) is 22.7 Å². The molecule has 0 aromatic heterocycles. The number of benzene rings is 1. The second kappa shape index (κ2) is 7.71. The summed E-state index contributed by atoms with van der Waals surface area (Å²) >= 11 is 5.83. The SMILES string of the molecule is CCC(N)Cc1ccc(N2CCSC(CC)C2)cc1Br. The zero-order valence-corrected chi connectivity index (χ0v) is 14.8. The first-order chi connectivity index (χ1) is 9.63. The van der Waals surface area contributed by atoms with Gasteiger partial charge in [-0.05, 0) is 37.0 Å². The van der Waals surface area contributed by atoms with Gasteiger partial charge in [0.15, 0.2) is 0 Å². The molecule has 1 fully saturated rings. The third kappa shape index (κ3) is 4.15. The molecule has 4 heteroatoms. The third-order valence-corrected chi connectivity index (χ3v) is 6.11. The second-order valence-electron chi connectivity index (χ2n) is 5.50. The van der Waals surface area contributed by atoms with E-state index in [9.17, 15) is 0 Å². The Kier molecular flexibility index (Phi) is 6.24. The van der Waals surface area contributed by atoms with Crippen molar-refractivity contribution in [3.8, 4) is 0 Å². The van der Waals surface area contributed by atoms with E-state index in [0.29, 0.717) is 0 Å². The smallest absolute Gasteiger partial charge is 0.0378 e. The number of hydrogen-bond acceptors (Lipinski definition) is 3. The highest BCUT2D eigenvalue weighted by atomic mass is 79.9. The molecule has 0 aliphatic carbocycles. The number of nitrogens with two attached hydrogens (primary N) is 1. The van der Waals surface area contributed by atoms with Crippen LogP contribution >= 0.6 is 27.7 Å². The molecule has 0 spiro atoms. The van der Waals surface area contributed by atoms with Gasteiger partial charge in [-0.15, -0.1) is 0 Å². The zero-order chi connectivity index (χ0) is 14.5. The van der Waals surface area contributed by atoms with Gasteiger partial charge in [-0.3, -0.25) is 0 Å². The lowest BCUT2D eigenvalue weighted by molar-refractivity contribution is 0.645. The number of halogens is 1. The summed E-state index contributed by atoms with van der Waals surface area (Å²) in [5, 5.41) is 0.774. The van der Waals surface area contributed by atoms with Gasteiger partial charge < -0.3 is 10.6 Å². The predicted molar refractivity (Wildman–Crippen MR) is 94.9 cm³/mol. The lowest BCUT2D eigenvalue weighted by atomic mass is 10.0. The molecule has 0 saturated carbocycles. The quantitative estimate of drug-likeness (QED) is 0.862. The molecule has 1 saturated heterocycles. The fourth-order valence-electron chi connectivity index (χ4n) is 2.53. The summed E-state index contributed by atoms with van der Waals surface area (Å²) in [6.07, 6.45) is 3.23. The predicted octanol–water partition coefficient (Wildman–Crippen LogP) is 4.06. The molecule has 2 N–H and O–H groups in total. The lowest BCUT2D eigenvalue weighted by Gasteiger charge is -2.34. The maximum atomic E-state index is 6.06. The average molecular weight is 357 g/mol. The molecule has 0 radical (unpaired) electrons. The van der Waals surface area contributed by atoms with E-state index in [-0.39, 0.29) is 6.04 Å². The number of anilines is 1. The Morgan fingerprint density at radius 1 is 1.45 bits per heavy atom. The Bertz CT molecular complexity index is 438.